The fourth-order valence-corrected chi connectivity index (χ4v) is 3.24. The first kappa shape index (κ1) is 17.8. The fourth-order valence-electron chi connectivity index (χ4n) is 3.24. The molecule has 0 saturated carbocycles. The molecule has 4 N–H and O–H groups in total. The number of fused-ring (bicyclic) bond motifs is 1. The van der Waals surface area contributed by atoms with Gasteiger partial charge >= 0.3 is 0 Å². The third kappa shape index (κ3) is 3.75. The molecule has 3 aromatic heterocycles. The van der Waals surface area contributed by atoms with Crippen LogP contribution in [0.5, 0.6) is 0 Å². The molecule has 0 radical (unpaired) electrons. The Morgan fingerprint density at radius 3 is 2.89 bits per heavy atom. The van der Waals surface area contributed by atoms with Gasteiger partial charge in [0.25, 0.3) is 0 Å². The molecule has 0 unspecified atom stereocenters. The summed E-state index contributed by atoms with van der Waals surface area (Å²) in [6.45, 7) is 3.37. The van der Waals surface area contributed by atoms with Crippen LogP contribution >= 0.6 is 0 Å². The first-order valence-electron chi connectivity index (χ1n) is 9.20. The summed E-state index contributed by atoms with van der Waals surface area (Å²) in [5, 5.41) is 14.9. The molecule has 8 heteroatoms. The Hall–Kier alpha value is -3.55. The van der Waals surface area contributed by atoms with Crippen molar-refractivity contribution in [3.8, 4) is 11.6 Å². The zero-order valence-electron chi connectivity index (χ0n) is 15.9. The molecule has 0 aliphatic rings. The number of nitrogens with one attached hydrogen (secondary N) is 4. The first-order valence-corrected chi connectivity index (χ1v) is 9.20. The van der Waals surface area contributed by atoms with E-state index in [1.807, 2.05) is 18.2 Å². The van der Waals surface area contributed by atoms with Crippen LogP contribution in [0, 0.1) is 6.92 Å². The van der Waals surface area contributed by atoms with Crippen molar-refractivity contribution in [2.75, 3.05) is 13.6 Å². The van der Waals surface area contributed by atoms with Gasteiger partial charge in [0.05, 0.1) is 12.8 Å². The maximum atomic E-state index is 5.30. The standard InChI is InChI=1S/C20H23N7O/c1-13-14(15-6-3-4-7-16(15)24-13)9-10-22-20(21-2)23-12-18-25-19(27-26-18)17-8-5-11-28-17/h3-8,11,24H,9-10,12H2,1-2H3,(H2,21,22,23)(H,25,26,27). The SMILES string of the molecule is CN=C(NCCc1c(C)[nH]c2ccccc12)NCc1nc(-c2ccco2)n[nH]1. The first-order chi connectivity index (χ1) is 13.7. The largest absolute Gasteiger partial charge is 0.461 e. The summed E-state index contributed by atoms with van der Waals surface area (Å²) >= 11 is 0. The lowest BCUT2D eigenvalue weighted by atomic mass is 10.1. The predicted molar refractivity (Wildman–Crippen MR) is 109 cm³/mol. The van der Waals surface area contributed by atoms with E-state index in [0.29, 0.717) is 29.9 Å². The highest BCUT2D eigenvalue weighted by atomic mass is 16.3. The molecule has 1 aromatic carbocycles. The number of benzene rings is 1. The lowest BCUT2D eigenvalue weighted by molar-refractivity contribution is 0.577. The summed E-state index contributed by atoms with van der Waals surface area (Å²) in [5.74, 6) is 2.61. The normalized spacial score (nSPS) is 11.9. The van der Waals surface area contributed by atoms with Crippen LogP contribution in [-0.2, 0) is 13.0 Å². The number of para-hydroxylation sites is 1. The smallest absolute Gasteiger partial charge is 0.216 e. The van der Waals surface area contributed by atoms with Crippen LogP contribution in [0.25, 0.3) is 22.5 Å². The van der Waals surface area contributed by atoms with Crippen molar-refractivity contribution in [3.63, 3.8) is 0 Å². The second-order valence-electron chi connectivity index (χ2n) is 6.46. The van der Waals surface area contributed by atoms with E-state index in [9.17, 15) is 0 Å². The Morgan fingerprint density at radius 2 is 2.07 bits per heavy atom. The Bertz CT molecular complexity index is 1080. The van der Waals surface area contributed by atoms with Crippen LogP contribution in [0.4, 0.5) is 0 Å². The molecule has 144 valence electrons. The van der Waals surface area contributed by atoms with Gasteiger partial charge in [0, 0.05) is 30.2 Å². The molecule has 0 spiro atoms. The van der Waals surface area contributed by atoms with E-state index in [4.69, 9.17) is 4.42 Å². The summed E-state index contributed by atoms with van der Waals surface area (Å²) in [6, 6.07) is 12.0. The molecule has 0 atom stereocenters. The van der Waals surface area contributed by atoms with E-state index < -0.39 is 0 Å². The van der Waals surface area contributed by atoms with Crippen LogP contribution in [-0.4, -0.2) is 39.7 Å². The minimum Gasteiger partial charge on any atom is -0.461 e. The highest BCUT2D eigenvalue weighted by Gasteiger charge is 2.10. The fraction of sp³-hybridized carbons (Fsp3) is 0.250. The van der Waals surface area contributed by atoms with Gasteiger partial charge in [0.15, 0.2) is 11.7 Å². The van der Waals surface area contributed by atoms with E-state index in [0.717, 1.165) is 13.0 Å². The van der Waals surface area contributed by atoms with Crippen molar-refractivity contribution in [2.24, 2.45) is 4.99 Å². The average molecular weight is 377 g/mol. The van der Waals surface area contributed by atoms with Crippen molar-refractivity contribution in [2.45, 2.75) is 19.9 Å². The van der Waals surface area contributed by atoms with E-state index in [1.54, 1.807) is 13.3 Å². The number of hydrogen-bond acceptors (Lipinski definition) is 4. The zero-order valence-corrected chi connectivity index (χ0v) is 15.9. The Labute approximate surface area is 162 Å². The van der Waals surface area contributed by atoms with Gasteiger partial charge in [0.2, 0.25) is 5.82 Å². The van der Waals surface area contributed by atoms with Crippen LogP contribution < -0.4 is 10.6 Å². The molecule has 0 saturated heterocycles. The number of aliphatic imine (C=N–C) groups is 1. The molecule has 8 nitrogen and oxygen atoms in total. The van der Waals surface area contributed by atoms with E-state index >= 15 is 0 Å². The number of H-pyrrole nitrogens is 2. The summed E-state index contributed by atoms with van der Waals surface area (Å²) in [7, 11) is 1.75. The quantitative estimate of drug-likeness (QED) is 0.305. The van der Waals surface area contributed by atoms with Gasteiger partial charge in [-0.3, -0.25) is 10.1 Å². The van der Waals surface area contributed by atoms with Crippen molar-refractivity contribution in [3.05, 3.63) is 59.7 Å². The number of rotatable bonds is 6. The van der Waals surface area contributed by atoms with Crippen molar-refractivity contribution in [1.29, 1.82) is 0 Å². The van der Waals surface area contributed by atoms with Gasteiger partial charge in [-0.15, -0.1) is 5.10 Å². The minimum atomic E-state index is 0.486. The molecule has 28 heavy (non-hydrogen) atoms. The molecule has 4 aromatic rings. The zero-order chi connectivity index (χ0) is 19.3. The Morgan fingerprint density at radius 1 is 1.18 bits per heavy atom. The number of aromatic amines is 2. The Balaban J connectivity index is 1.31. The van der Waals surface area contributed by atoms with E-state index in [-0.39, 0.29) is 0 Å². The molecule has 0 aliphatic heterocycles. The van der Waals surface area contributed by atoms with Gasteiger partial charge in [-0.05, 0) is 37.1 Å². The van der Waals surface area contributed by atoms with E-state index in [2.05, 4.69) is 60.9 Å². The van der Waals surface area contributed by atoms with Crippen LogP contribution in [0.1, 0.15) is 17.1 Å². The monoisotopic (exact) mass is 377 g/mol. The number of guanidine groups is 1. The molecule has 4 rings (SSSR count). The van der Waals surface area contributed by atoms with Crippen LogP contribution in [0.15, 0.2) is 52.1 Å². The van der Waals surface area contributed by atoms with Gasteiger partial charge in [-0.2, -0.15) is 0 Å². The van der Waals surface area contributed by atoms with Gasteiger partial charge in [0.1, 0.15) is 5.82 Å². The highest BCUT2D eigenvalue weighted by Crippen LogP contribution is 2.21. The third-order valence-corrected chi connectivity index (χ3v) is 4.61. The van der Waals surface area contributed by atoms with E-state index in [1.165, 1.54) is 22.2 Å². The maximum Gasteiger partial charge on any atom is 0.216 e. The number of aryl methyl sites for hydroxylation is 1. The second kappa shape index (κ2) is 7.99. The second-order valence-corrected chi connectivity index (χ2v) is 6.46. The van der Waals surface area contributed by atoms with Gasteiger partial charge < -0.3 is 20.0 Å². The maximum absolute atomic E-state index is 5.30. The van der Waals surface area contributed by atoms with Crippen LogP contribution in [0.3, 0.4) is 0 Å². The number of nitrogens with zero attached hydrogens (tertiary/aromatic N) is 3. The Kier molecular flexibility index (Phi) is 5.09. The number of furan rings is 1. The van der Waals surface area contributed by atoms with Crippen molar-refractivity contribution in [1.82, 2.24) is 30.8 Å². The molecular formula is C20H23N7O. The van der Waals surface area contributed by atoms with Crippen molar-refractivity contribution >= 4 is 16.9 Å². The summed E-state index contributed by atoms with van der Waals surface area (Å²) in [5.41, 5.74) is 3.71. The van der Waals surface area contributed by atoms with Crippen molar-refractivity contribution < 1.29 is 4.42 Å². The van der Waals surface area contributed by atoms with Gasteiger partial charge in [-0.25, -0.2) is 4.98 Å². The topological polar surface area (TPSA) is 107 Å². The molecule has 0 aliphatic carbocycles. The molecule has 0 amide bonds. The third-order valence-electron chi connectivity index (χ3n) is 4.61. The highest BCUT2D eigenvalue weighted by molar-refractivity contribution is 5.84. The van der Waals surface area contributed by atoms with Gasteiger partial charge in [-0.1, -0.05) is 18.2 Å². The molecule has 3 heterocycles. The molecule has 0 fully saturated rings. The lowest BCUT2D eigenvalue weighted by Crippen LogP contribution is -2.38. The van der Waals surface area contributed by atoms with Crippen LogP contribution in [0.2, 0.25) is 0 Å². The molecular weight excluding hydrogens is 354 g/mol. The number of aromatic nitrogens is 4. The minimum absolute atomic E-state index is 0.486. The average Bonchev–Trinajstić information content (AvgIpc) is 3.44. The lowest BCUT2D eigenvalue weighted by Gasteiger charge is -2.11. The number of hydrogen-bond donors (Lipinski definition) is 4. The predicted octanol–water partition coefficient (Wildman–Crippen LogP) is 2.76. The summed E-state index contributed by atoms with van der Waals surface area (Å²) < 4.78 is 5.30. The molecule has 0 bridgehead atoms. The summed E-state index contributed by atoms with van der Waals surface area (Å²) in [4.78, 5) is 12.1. The summed E-state index contributed by atoms with van der Waals surface area (Å²) in [6.07, 6.45) is 2.51.